The van der Waals surface area contributed by atoms with Crippen LogP contribution < -0.4 is 5.32 Å². The van der Waals surface area contributed by atoms with Crippen molar-refractivity contribution in [2.75, 3.05) is 30.4 Å². The second-order valence-electron chi connectivity index (χ2n) is 5.68. The molecule has 118 valence electrons. The lowest BCUT2D eigenvalue weighted by molar-refractivity contribution is 0.183. The summed E-state index contributed by atoms with van der Waals surface area (Å²) >= 11 is 1.85. The summed E-state index contributed by atoms with van der Waals surface area (Å²) in [5.74, 6) is 1.71. The van der Waals surface area contributed by atoms with E-state index >= 15 is 0 Å². The highest BCUT2D eigenvalue weighted by molar-refractivity contribution is 7.98. The third-order valence-corrected chi connectivity index (χ3v) is 4.87. The Morgan fingerprint density at radius 2 is 2.36 bits per heavy atom. The molecular formula is C17H23N3OS. The standard InChI is InChI=1S/C17H23N3OS/c1-3-15-9-13(10-18)6-7-16(15)19-17(21)20-8-4-5-14(11-20)12-22-2/h6-7,9,14H,3-5,8,11-12H2,1-2H3,(H,19,21)/t14-/m1/s1. The second kappa shape index (κ2) is 8.09. The van der Waals surface area contributed by atoms with Crippen LogP contribution in [0.3, 0.4) is 0 Å². The molecule has 0 bridgehead atoms. The summed E-state index contributed by atoms with van der Waals surface area (Å²) in [7, 11) is 0. The van der Waals surface area contributed by atoms with E-state index in [2.05, 4.69) is 17.6 Å². The first-order chi connectivity index (χ1) is 10.7. The molecule has 1 aliphatic rings. The predicted molar refractivity (Wildman–Crippen MR) is 92.2 cm³/mol. The summed E-state index contributed by atoms with van der Waals surface area (Å²) in [6.45, 7) is 3.69. The monoisotopic (exact) mass is 317 g/mol. The van der Waals surface area contributed by atoms with Crippen LogP contribution in [0.25, 0.3) is 0 Å². The van der Waals surface area contributed by atoms with Gasteiger partial charge in [0.15, 0.2) is 0 Å². The molecule has 1 atom stereocenters. The van der Waals surface area contributed by atoms with Crippen LogP contribution in [0.1, 0.15) is 30.9 Å². The first kappa shape index (κ1) is 16.7. The van der Waals surface area contributed by atoms with Crippen LogP contribution in [0.2, 0.25) is 0 Å². The van der Waals surface area contributed by atoms with E-state index in [4.69, 9.17) is 5.26 Å². The fraction of sp³-hybridized carbons (Fsp3) is 0.529. The molecule has 1 aromatic rings. The van der Waals surface area contributed by atoms with Crippen molar-refractivity contribution < 1.29 is 4.79 Å². The average molecular weight is 317 g/mol. The summed E-state index contributed by atoms with van der Waals surface area (Å²) in [6, 6.07) is 7.55. The molecule has 0 unspecified atom stereocenters. The number of urea groups is 1. The number of piperidine rings is 1. The van der Waals surface area contributed by atoms with Crippen molar-refractivity contribution >= 4 is 23.5 Å². The van der Waals surface area contributed by atoms with E-state index in [0.717, 1.165) is 42.9 Å². The number of hydrogen-bond donors (Lipinski definition) is 1. The molecule has 0 saturated carbocycles. The number of nitrogens with zero attached hydrogens (tertiary/aromatic N) is 2. The highest BCUT2D eigenvalue weighted by Gasteiger charge is 2.23. The van der Waals surface area contributed by atoms with Crippen molar-refractivity contribution in [1.82, 2.24) is 4.90 Å². The van der Waals surface area contributed by atoms with Crippen LogP contribution in [0, 0.1) is 17.2 Å². The Morgan fingerprint density at radius 1 is 1.55 bits per heavy atom. The number of amides is 2. The summed E-state index contributed by atoms with van der Waals surface area (Å²) in [6.07, 6.45) is 5.19. The fourth-order valence-electron chi connectivity index (χ4n) is 2.89. The van der Waals surface area contributed by atoms with Gasteiger partial charge in [-0.25, -0.2) is 4.79 Å². The number of anilines is 1. The Kier molecular flexibility index (Phi) is 6.14. The number of carbonyl (C=O) groups is 1. The average Bonchev–Trinajstić information content (AvgIpc) is 2.55. The lowest BCUT2D eigenvalue weighted by Gasteiger charge is -2.32. The molecule has 0 radical (unpaired) electrons. The first-order valence-electron chi connectivity index (χ1n) is 7.75. The van der Waals surface area contributed by atoms with Crippen molar-refractivity contribution in [3.63, 3.8) is 0 Å². The van der Waals surface area contributed by atoms with Crippen molar-refractivity contribution in [1.29, 1.82) is 5.26 Å². The fourth-order valence-corrected chi connectivity index (χ4v) is 3.64. The summed E-state index contributed by atoms with van der Waals surface area (Å²) < 4.78 is 0. The van der Waals surface area contributed by atoms with Gasteiger partial charge in [-0.05, 0) is 61.0 Å². The predicted octanol–water partition coefficient (Wildman–Crippen LogP) is 3.73. The number of aryl methyl sites for hydroxylation is 1. The van der Waals surface area contributed by atoms with Crippen LogP contribution in [0.4, 0.5) is 10.5 Å². The van der Waals surface area contributed by atoms with E-state index in [1.54, 1.807) is 6.07 Å². The first-order valence-corrected chi connectivity index (χ1v) is 9.15. The van der Waals surface area contributed by atoms with E-state index in [-0.39, 0.29) is 6.03 Å². The molecule has 1 aromatic carbocycles. The van der Waals surface area contributed by atoms with E-state index in [1.807, 2.05) is 35.7 Å². The Balaban J connectivity index is 2.04. The number of benzene rings is 1. The van der Waals surface area contributed by atoms with E-state index in [1.165, 1.54) is 6.42 Å². The highest BCUT2D eigenvalue weighted by atomic mass is 32.2. The molecule has 0 aliphatic carbocycles. The highest BCUT2D eigenvalue weighted by Crippen LogP contribution is 2.22. The minimum atomic E-state index is -0.0230. The number of carbonyl (C=O) groups excluding carboxylic acids is 1. The van der Waals surface area contributed by atoms with Gasteiger partial charge in [0.05, 0.1) is 11.6 Å². The minimum Gasteiger partial charge on any atom is -0.324 e. The molecule has 0 spiro atoms. The molecule has 1 aliphatic heterocycles. The quantitative estimate of drug-likeness (QED) is 0.920. The number of nitriles is 1. The van der Waals surface area contributed by atoms with E-state index < -0.39 is 0 Å². The third-order valence-electron chi connectivity index (χ3n) is 4.07. The number of nitrogens with one attached hydrogen (secondary N) is 1. The van der Waals surface area contributed by atoms with Gasteiger partial charge in [0.25, 0.3) is 0 Å². The number of likely N-dealkylation sites (tertiary alicyclic amines) is 1. The summed E-state index contributed by atoms with van der Waals surface area (Å²) in [4.78, 5) is 14.4. The molecule has 1 saturated heterocycles. The van der Waals surface area contributed by atoms with Gasteiger partial charge < -0.3 is 10.2 Å². The van der Waals surface area contributed by atoms with Gasteiger partial charge in [0.2, 0.25) is 0 Å². The Morgan fingerprint density at radius 3 is 3.05 bits per heavy atom. The van der Waals surface area contributed by atoms with Crippen molar-refractivity contribution in [3.8, 4) is 6.07 Å². The van der Waals surface area contributed by atoms with Gasteiger partial charge in [-0.1, -0.05) is 6.92 Å². The molecular weight excluding hydrogens is 294 g/mol. The normalized spacial score (nSPS) is 17.9. The largest absolute Gasteiger partial charge is 0.324 e. The van der Waals surface area contributed by atoms with E-state index in [0.29, 0.717) is 11.5 Å². The lowest BCUT2D eigenvalue weighted by Crippen LogP contribution is -2.43. The smallest absolute Gasteiger partial charge is 0.321 e. The molecule has 1 N–H and O–H groups in total. The molecule has 2 amide bonds. The molecule has 1 heterocycles. The van der Waals surface area contributed by atoms with Gasteiger partial charge in [-0.15, -0.1) is 0 Å². The summed E-state index contributed by atoms with van der Waals surface area (Å²) in [5, 5.41) is 12.0. The van der Waals surface area contributed by atoms with E-state index in [9.17, 15) is 4.79 Å². The minimum absolute atomic E-state index is 0.0230. The SMILES string of the molecule is CCc1cc(C#N)ccc1NC(=O)N1CCC[C@@H](CSC)C1. The maximum atomic E-state index is 12.5. The molecule has 0 aromatic heterocycles. The number of rotatable bonds is 4. The maximum absolute atomic E-state index is 12.5. The van der Waals surface area contributed by atoms with Crippen molar-refractivity contribution in [3.05, 3.63) is 29.3 Å². The lowest BCUT2D eigenvalue weighted by atomic mass is 10.0. The molecule has 2 rings (SSSR count). The topological polar surface area (TPSA) is 56.1 Å². The van der Waals surface area contributed by atoms with Crippen molar-refractivity contribution in [2.45, 2.75) is 26.2 Å². The summed E-state index contributed by atoms with van der Waals surface area (Å²) in [5.41, 5.74) is 2.46. The zero-order valence-electron chi connectivity index (χ0n) is 13.3. The number of thioether (sulfide) groups is 1. The molecule has 1 fully saturated rings. The van der Waals surface area contributed by atoms with Crippen LogP contribution in [-0.4, -0.2) is 36.0 Å². The van der Waals surface area contributed by atoms with Gasteiger partial charge in [0.1, 0.15) is 0 Å². The van der Waals surface area contributed by atoms with Gasteiger partial charge >= 0.3 is 6.03 Å². The maximum Gasteiger partial charge on any atom is 0.321 e. The second-order valence-corrected chi connectivity index (χ2v) is 6.59. The zero-order chi connectivity index (χ0) is 15.9. The molecule has 5 heteroatoms. The van der Waals surface area contributed by atoms with Crippen LogP contribution >= 0.6 is 11.8 Å². The van der Waals surface area contributed by atoms with Crippen LogP contribution in [0.5, 0.6) is 0 Å². The Labute approximate surface area is 136 Å². The zero-order valence-corrected chi connectivity index (χ0v) is 14.1. The third kappa shape index (κ3) is 4.17. The number of hydrogen-bond acceptors (Lipinski definition) is 3. The molecule has 4 nitrogen and oxygen atoms in total. The molecule has 22 heavy (non-hydrogen) atoms. The van der Waals surface area contributed by atoms with Gasteiger partial charge in [0, 0.05) is 18.8 Å². The van der Waals surface area contributed by atoms with Gasteiger partial charge in [-0.3, -0.25) is 0 Å². The van der Waals surface area contributed by atoms with Crippen LogP contribution in [-0.2, 0) is 6.42 Å². The Bertz CT molecular complexity index is 566. The Hall–Kier alpha value is -1.67. The van der Waals surface area contributed by atoms with Crippen molar-refractivity contribution in [2.24, 2.45) is 5.92 Å². The van der Waals surface area contributed by atoms with Gasteiger partial charge in [-0.2, -0.15) is 17.0 Å². The van der Waals surface area contributed by atoms with Crippen LogP contribution in [0.15, 0.2) is 18.2 Å².